The van der Waals surface area contributed by atoms with E-state index < -0.39 is 0 Å². The molecule has 0 N–H and O–H groups in total. The molecule has 0 heterocycles. The van der Waals surface area contributed by atoms with E-state index in [1.807, 2.05) is 0 Å². The maximum atomic E-state index is 2.50. The van der Waals surface area contributed by atoms with Gasteiger partial charge in [-0.05, 0) is 0 Å². The van der Waals surface area contributed by atoms with E-state index in [1.165, 1.54) is 0 Å². The molecule has 0 saturated carbocycles. The maximum absolute atomic E-state index is 2.50. The molecule has 0 radical (unpaired) electrons. The second kappa shape index (κ2) is 9.64. The summed E-state index contributed by atoms with van der Waals surface area (Å²) in [7, 11) is 0. The summed E-state index contributed by atoms with van der Waals surface area (Å²) in [5, 5.41) is 0. The molecule has 0 aliphatic rings. The molecule has 0 unspecified atom stereocenters. The van der Waals surface area contributed by atoms with Gasteiger partial charge in [0.05, 0.1) is 0 Å². The molecule has 18 valence electrons. The van der Waals surface area contributed by atoms with E-state index in [9.17, 15) is 0 Å². The molecule has 0 nitrogen and oxygen atoms in total. The van der Waals surface area contributed by atoms with Gasteiger partial charge in [0.15, 0.2) is 0 Å². The van der Waals surface area contributed by atoms with Crippen LogP contribution in [0.1, 0.15) is 1.43 Å². The molecular weight excluding hydrogens is 477 g/mol. The normalized spacial score (nSPS) is 2.50. The summed E-state index contributed by atoms with van der Waals surface area (Å²) in [6, 6.07) is 0. The molecule has 0 fully saturated rings. The van der Waals surface area contributed by atoms with Gasteiger partial charge < -0.3 is 1.43 Å². The van der Waals surface area contributed by atoms with Crippen LogP contribution in [0.15, 0.2) is 0 Å². The molecule has 0 rings (SSSR count). The van der Waals surface area contributed by atoms with E-state index in [-0.39, 0.29) is 46.9 Å². The van der Waals surface area contributed by atoms with Crippen LogP contribution in [-0.2, 0) is 15.9 Å². The molecule has 4 heteroatoms. The minimum absolute atomic E-state index is 0. The summed E-state index contributed by atoms with van der Waals surface area (Å²) in [5.41, 5.74) is 0. The zero-order valence-electron chi connectivity index (χ0n) is 3.46. The topological polar surface area (TPSA) is 0 Å². The molecule has 0 amide bonds. The fraction of sp³-hybridized carbons (Fsp3) is 0. The van der Waals surface area contributed by atoms with E-state index in [0.29, 0.717) is 0 Å². The van der Waals surface area contributed by atoms with Crippen molar-refractivity contribution in [2.75, 3.05) is 0 Å². The molecule has 4 heavy (non-hydrogen) atoms. The molecule has 0 atom stereocenters. The SMILES string of the molecule is [H-].[I][Hg][I].[Na+]. The van der Waals surface area contributed by atoms with Crippen LogP contribution in [0.4, 0.5) is 0 Å². The van der Waals surface area contributed by atoms with Gasteiger partial charge in [0.25, 0.3) is 0 Å². The standard InChI is InChI=1S/Hg.2HI.Na.H/h;2*1H;;/q+2;;;+1;-1/p-2. The Hall–Kier alpha value is 3.40. The Balaban J connectivity index is -0.0000000200. The van der Waals surface area contributed by atoms with Crippen LogP contribution < -0.4 is 29.6 Å². The first-order valence-corrected chi connectivity index (χ1v) is 31.5. The Morgan fingerprint density at radius 2 is 1.50 bits per heavy atom. The van der Waals surface area contributed by atoms with E-state index in [2.05, 4.69) is 35.3 Å². The Morgan fingerprint density at radius 3 is 1.50 bits per heavy atom. The van der Waals surface area contributed by atoms with Crippen LogP contribution in [0.2, 0.25) is 0 Å². The third kappa shape index (κ3) is 9.04. The third-order valence-electron chi connectivity index (χ3n) is 0. The summed E-state index contributed by atoms with van der Waals surface area (Å²) in [4.78, 5) is 0. The van der Waals surface area contributed by atoms with Crippen molar-refractivity contribution < 1.29 is 46.9 Å². The van der Waals surface area contributed by atoms with E-state index in [1.54, 1.807) is 0 Å². The summed E-state index contributed by atoms with van der Waals surface area (Å²) in [6.07, 6.45) is 0. The van der Waals surface area contributed by atoms with Gasteiger partial charge in [-0.15, -0.1) is 0 Å². The summed E-state index contributed by atoms with van der Waals surface area (Å²) in [6.45, 7) is 0. The molecule has 0 aliphatic carbocycles. The summed E-state index contributed by atoms with van der Waals surface area (Å²) < 4.78 is 0. The minimum Gasteiger partial charge on any atom is 1.00 e. The fourth-order valence-electron chi connectivity index (χ4n) is 0. The van der Waals surface area contributed by atoms with Crippen LogP contribution >= 0.6 is 35.3 Å². The minimum atomic E-state index is -0.143. The Bertz CT molecular complexity index is 9.61. The first-order chi connectivity index (χ1) is 1.41. The van der Waals surface area contributed by atoms with Gasteiger partial charge in [-0.2, -0.15) is 0 Å². The molecule has 0 bridgehead atoms. The van der Waals surface area contributed by atoms with Gasteiger partial charge in [-0.1, -0.05) is 0 Å². The number of halogens is 2. The van der Waals surface area contributed by atoms with Crippen LogP contribution in [0.5, 0.6) is 0 Å². The van der Waals surface area contributed by atoms with Crippen molar-refractivity contribution in [2.24, 2.45) is 0 Å². The molecule has 0 aromatic carbocycles. The average Bonchev–Trinajstić information content (AvgIpc) is 0.918. The van der Waals surface area contributed by atoms with Gasteiger partial charge in [0.2, 0.25) is 0 Å². The van der Waals surface area contributed by atoms with Gasteiger partial charge >= 0.3 is 80.8 Å². The van der Waals surface area contributed by atoms with Crippen LogP contribution in [0, 0.1) is 0 Å². The van der Waals surface area contributed by atoms with Crippen molar-refractivity contribution in [3.63, 3.8) is 0 Å². The monoisotopic (exact) mass is 480 g/mol. The van der Waals surface area contributed by atoms with Gasteiger partial charge in [0.1, 0.15) is 0 Å². The predicted octanol–water partition coefficient (Wildman–Crippen LogP) is -1.11. The quantitative estimate of drug-likeness (QED) is 0.306. The number of rotatable bonds is 0. The zero-order chi connectivity index (χ0) is 2.71. The molecule has 0 aromatic rings. The predicted molar refractivity (Wildman–Crippen MR) is 29.2 cm³/mol. The molecule has 0 aliphatic heterocycles. The van der Waals surface area contributed by atoms with Crippen molar-refractivity contribution in [1.82, 2.24) is 0 Å². The number of hydrogen-bond donors (Lipinski definition) is 0. The van der Waals surface area contributed by atoms with E-state index in [0.717, 1.165) is 0 Å². The molecule has 0 spiro atoms. The van der Waals surface area contributed by atoms with Crippen molar-refractivity contribution >= 4 is 35.3 Å². The van der Waals surface area contributed by atoms with Crippen LogP contribution in [0.25, 0.3) is 0 Å². The van der Waals surface area contributed by atoms with Crippen molar-refractivity contribution in [2.45, 2.75) is 0 Å². The maximum Gasteiger partial charge on any atom is 1.00 e. The summed E-state index contributed by atoms with van der Waals surface area (Å²) >= 11 is 4.85. The van der Waals surface area contributed by atoms with E-state index in [4.69, 9.17) is 0 Å². The fourth-order valence-corrected chi connectivity index (χ4v) is 0. The Labute approximate surface area is 79.8 Å². The van der Waals surface area contributed by atoms with Crippen LogP contribution in [-0.4, -0.2) is 0 Å². The average molecular weight is 478 g/mol. The smallest absolute Gasteiger partial charge is 1.00 e. The van der Waals surface area contributed by atoms with Gasteiger partial charge in [-0.25, -0.2) is 0 Å². The van der Waals surface area contributed by atoms with Crippen LogP contribution in [0.3, 0.4) is 0 Å². The number of hydrogen-bond acceptors (Lipinski definition) is 0. The van der Waals surface area contributed by atoms with Gasteiger partial charge in [0, 0.05) is 0 Å². The first kappa shape index (κ1) is 10.4. The second-order valence-electron chi connectivity index (χ2n) is 0.101. The van der Waals surface area contributed by atoms with Crippen molar-refractivity contribution in [3.05, 3.63) is 0 Å². The molecule has 0 saturated heterocycles. The second-order valence-corrected chi connectivity index (χ2v) is 39.9. The third-order valence-corrected chi connectivity index (χ3v) is 0. The van der Waals surface area contributed by atoms with E-state index >= 15 is 0 Å². The largest absolute Gasteiger partial charge is 1.00 e. The zero-order valence-corrected chi connectivity index (χ0v) is 14.3. The Morgan fingerprint density at radius 1 is 1.50 bits per heavy atom. The molecular formula is HHgI2Na. The first-order valence-electron chi connectivity index (χ1n) is 0.535. The van der Waals surface area contributed by atoms with Gasteiger partial charge in [-0.3, -0.25) is 0 Å². The van der Waals surface area contributed by atoms with Crippen molar-refractivity contribution in [1.29, 1.82) is 0 Å². The summed E-state index contributed by atoms with van der Waals surface area (Å²) in [5.74, 6) is 0. The van der Waals surface area contributed by atoms with Crippen molar-refractivity contribution in [3.8, 4) is 0 Å². The molecule has 0 aromatic heterocycles. The Kier molecular flexibility index (Phi) is 25.0.